The molecular formula is C21H35NO6. The lowest BCUT2D eigenvalue weighted by atomic mass is 9.68. The van der Waals surface area contributed by atoms with Crippen LogP contribution in [0.15, 0.2) is 0 Å². The predicted molar refractivity (Wildman–Crippen MR) is 102 cm³/mol. The van der Waals surface area contributed by atoms with Gasteiger partial charge in [0.05, 0.1) is 37.3 Å². The Morgan fingerprint density at radius 2 is 2.00 bits per heavy atom. The van der Waals surface area contributed by atoms with Gasteiger partial charge in [-0.2, -0.15) is 0 Å². The van der Waals surface area contributed by atoms with E-state index in [9.17, 15) is 9.90 Å². The van der Waals surface area contributed by atoms with Gasteiger partial charge in [-0.15, -0.1) is 0 Å². The van der Waals surface area contributed by atoms with Gasteiger partial charge in [-0.1, -0.05) is 13.8 Å². The zero-order chi connectivity index (χ0) is 20.3. The van der Waals surface area contributed by atoms with Gasteiger partial charge in [0.1, 0.15) is 23.4 Å². The van der Waals surface area contributed by atoms with Crippen LogP contribution in [0.2, 0.25) is 0 Å². The van der Waals surface area contributed by atoms with E-state index in [1.165, 1.54) is 0 Å². The van der Waals surface area contributed by atoms with E-state index >= 15 is 0 Å². The molecule has 3 saturated heterocycles. The number of hydrogen-bond donors (Lipinski definition) is 1. The van der Waals surface area contributed by atoms with Crippen LogP contribution < -0.4 is 0 Å². The Morgan fingerprint density at radius 1 is 1.32 bits per heavy atom. The van der Waals surface area contributed by atoms with Crippen molar-refractivity contribution in [3.63, 3.8) is 0 Å². The number of aliphatic hydroxyl groups is 1. The Kier molecular flexibility index (Phi) is 4.97. The molecule has 6 atom stereocenters. The third-order valence-corrected chi connectivity index (χ3v) is 7.08. The second kappa shape index (κ2) is 6.83. The van der Waals surface area contributed by atoms with Crippen molar-refractivity contribution < 1.29 is 28.8 Å². The number of epoxide rings is 2. The van der Waals surface area contributed by atoms with E-state index in [1.807, 2.05) is 0 Å². The maximum atomic E-state index is 12.5. The second-order valence-corrected chi connectivity index (χ2v) is 10.1. The lowest BCUT2D eigenvalue weighted by Gasteiger charge is -2.46. The third-order valence-electron chi connectivity index (χ3n) is 7.08. The molecule has 1 N–H and O–H groups in total. The number of β-amino-alcohol motifs (C(OH)–C–C–N with tert-alkyl or cyclic N) is 1. The van der Waals surface area contributed by atoms with Gasteiger partial charge in [-0.3, -0.25) is 0 Å². The standard InChI is InChI=1S/C21H35NO6/c1-13(2)6-7-15-20(4,28-15)17-16(25-5)14(8-9-21(17)12-26-21)27-18(23)22-10-19(3,24)11-22/h13-17,24H,6-12H2,1-5H3/t14?,15-,16?,17?,20+,21?/m1/s1. The molecule has 7 heteroatoms. The number of amides is 1. The number of carbonyl (C=O) groups is 1. The summed E-state index contributed by atoms with van der Waals surface area (Å²) in [5, 5.41) is 9.88. The number of ether oxygens (including phenoxy) is 4. The van der Waals surface area contributed by atoms with Gasteiger partial charge in [0, 0.05) is 7.11 Å². The molecule has 1 aliphatic carbocycles. The number of methoxy groups -OCH3 is 1. The summed E-state index contributed by atoms with van der Waals surface area (Å²) in [5.74, 6) is 0.694. The van der Waals surface area contributed by atoms with Crippen LogP contribution in [0.3, 0.4) is 0 Å². The first-order valence-corrected chi connectivity index (χ1v) is 10.6. The minimum absolute atomic E-state index is 0.0493. The molecule has 4 aliphatic rings. The molecule has 0 aromatic heterocycles. The fourth-order valence-corrected chi connectivity index (χ4v) is 5.38. The van der Waals surface area contributed by atoms with Crippen molar-refractivity contribution in [3.8, 4) is 0 Å². The minimum atomic E-state index is -0.806. The van der Waals surface area contributed by atoms with Gasteiger partial charge < -0.3 is 29.0 Å². The van der Waals surface area contributed by atoms with Crippen molar-refractivity contribution in [2.45, 2.75) is 88.5 Å². The first kappa shape index (κ1) is 20.4. The van der Waals surface area contributed by atoms with Crippen molar-refractivity contribution in [2.24, 2.45) is 11.8 Å². The quantitative estimate of drug-likeness (QED) is 0.693. The molecule has 1 saturated carbocycles. The maximum Gasteiger partial charge on any atom is 0.410 e. The van der Waals surface area contributed by atoms with Gasteiger partial charge in [-0.25, -0.2) is 4.79 Å². The van der Waals surface area contributed by atoms with Gasteiger partial charge in [0.15, 0.2) is 0 Å². The first-order valence-electron chi connectivity index (χ1n) is 10.6. The summed E-state index contributed by atoms with van der Waals surface area (Å²) >= 11 is 0. The summed E-state index contributed by atoms with van der Waals surface area (Å²) in [6.07, 6.45) is 2.99. The maximum absolute atomic E-state index is 12.5. The highest BCUT2D eigenvalue weighted by Crippen LogP contribution is 2.59. The number of rotatable bonds is 6. The molecule has 0 aromatic carbocycles. The second-order valence-electron chi connectivity index (χ2n) is 10.1. The van der Waals surface area contributed by atoms with E-state index in [1.54, 1.807) is 18.9 Å². The normalized spacial score (nSPS) is 43.8. The highest BCUT2D eigenvalue weighted by atomic mass is 16.6. The molecule has 0 aromatic rings. The lowest BCUT2D eigenvalue weighted by molar-refractivity contribution is -0.133. The minimum Gasteiger partial charge on any atom is -0.443 e. The van der Waals surface area contributed by atoms with Crippen LogP contribution in [0, 0.1) is 11.8 Å². The highest BCUT2D eigenvalue weighted by Gasteiger charge is 2.72. The molecule has 1 amide bonds. The van der Waals surface area contributed by atoms with Gasteiger partial charge in [0.2, 0.25) is 0 Å². The molecule has 0 radical (unpaired) electrons. The molecule has 4 fully saturated rings. The highest BCUT2D eigenvalue weighted by molar-refractivity contribution is 5.69. The van der Waals surface area contributed by atoms with Crippen LogP contribution in [0.5, 0.6) is 0 Å². The molecular weight excluding hydrogens is 362 g/mol. The fraction of sp³-hybridized carbons (Fsp3) is 0.952. The molecule has 0 bridgehead atoms. The number of nitrogens with zero attached hydrogens (tertiary/aromatic N) is 1. The average molecular weight is 398 g/mol. The number of carbonyl (C=O) groups excluding carboxylic acids is 1. The van der Waals surface area contributed by atoms with Crippen LogP contribution in [0.25, 0.3) is 0 Å². The van der Waals surface area contributed by atoms with Crippen molar-refractivity contribution >= 4 is 6.09 Å². The predicted octanol–water partition coefficient (Wildman–Crippen LogP) is 2.35. The van der Waals surface area contributed by atoms with E-state index in [0.717, 1.165) is 32.3 Å². The summed E-state index contributed by atoms with van der Waals surface area (Å²) < 4.78 is 23.9. The third kappa shape index (κ3) is 3.55. The SMILES string of the molecule is COC1C(OC(=O)N2CC(C)(O)C2)CCC2(CO2)C1[C@@]1(C)O[C@@H]1CCC(C)C. The van der Waals surface area contributed by atoms with E-state index in [2.05, 4.69) is 20.8 Å². The van der Waals surface area contributed by atoms with Crippen molar-refractivity contribution in [1.29, 1.82) is 0 Å². The molecule has 160 valence electrons. The van der Waals surface area contributed by atoms with Crippen molar-refractivity contribution in [2.75, 3.05) is 26.8 Å². The first-order chi connectivity index (χ1) is 13.1. The summed E-state index contributed by atoms with van der Waals surface area (Å²) in [6, 6.07) is 0. The largest absolute Gasteiger partial charge is 0.443 e. The van der Waals surface area contributed by atoms with Crippen LogP contribution in [-0.2, 0) is 18.9 Å². The van der Waals surface area contributed by atoms with Crippen molar-refractivity contribution in [1.82, 2.24) is 4.90 Å². The van der Waals surface area contributed by atoms with Gasteiger partial charge in [-0.05, 0) is 45.4 Å². The van der Waals surface area contributed by atoms with E-state index in [4.69, 9.17) is 18.9 Å². The molecule has 7 nitrogen and oxygen atoms in total. The van der Waals surface area contributed by atoms with Crippen LogP contribution in [0.1, 0.15) is 53.4 Å². The smallest absolute Gasteiger partial charge is 0.410 e. The molecule has 4 rings (SSSR count). The van der Waals surface area contributed by atoms with Gasteiger partial charge in [0.25, 0.3) is 0 Å². The van der Waals surface area contributed by atoms with Crippen LogP contribution in [-0.4, -0.2) is 78.0 Å². The van der Waals surface area contributed by atoms with E-state index < -0.39 is 5.60 Å². The topological polar surface area (TPSA) is 84.1 Å². The summed E-state index contributed by atoms with van der Waals surface area (Å²) in [7, 11) is 1.68. The Bertz CT molecular complexity index is 610. The monoisotopic (exact) mass is 397 g/mol. The summed E-state index contributed by atoms with van der Waals surface area (Å²) in [6.45, 7) is 9.69. The van der Waals surface area contributed by atoms with Crippen molar-refractivity contribution in [3.05, 3.63) is 0 Å². The summed E-state index contributed by atoms with van der Waals surface area (Å²) in [5.41, 5.74) is -1.30. The molecule has 3 heterocycles. The molecule has 4 unspecified atom stereocenters. The molecule has 28 heavy (non-hydrogen) atoms. The van der Waals surface area contributed by atoms with Crippen LogP contribution >= 0.6 is 0 Å². The lowest BCUT2D eigenvalue weighted by Crippen LogP contribution is -2.63. The van der Waals surface area contributed by atoms with E-state index in [-0.39, 0.29) is 41.5 Å². The number of likely N-dealkylation sites (tertiary alicyclic amines) is 1. The average Bonchev–Trinajstić information content (AvgIpc) is 3.50. The van der Waals surface area contributed by atoms with E-state index in [0.29, 0.717) is 19.0 Å². The summed E-state index contributed by atoms with van der Waals surface area (Å²) in [4.78, 5) is 14.1. The zero-order valence-corrected chi connectivity index (χ0v) is 17.8. The number of hydrogen-bond acceptors (Lipinski definition) is 6. The Balaban J connectivity index is 1.44. The Labute approximate surface area is 167 Å². The molecule has 3 aliphatic heterocycles. The van der Waals surface area contributed by atoms with Gasteiger partial charge >= 0.3 is 6.09 Å². The fourth-order valence-electron chi connectivity index (χ4n) is 5.38. The Hall–Kier alpha value is -0.890. The van der Waals surface area contributed by atoms with Crippen LogP contribution in [0.4, 0.5) is 4.79 Å². The Morgan fingerprint density at radius 3 is 2.54 bits per heavy atom. The zero-order valence-electron chi connectivity index (χ0n) is 17.8. The molecule has 1 spiro atoms.